The molecular formula is C13H20N4O3. The Morgan fingerprint density at radius 2 is 2.20 bits per heavy atom. The third-order valence-corrected chi connectivity index (χ3v) is 3.62. The van der Waals surface area contributed by atoms with E-state index in [-0.39, 0.29) is 12.5 Å². The maximum Gasteiger partial charge on any atom is 0.315 e. The number of rotatable bonds is 7. The molecule has 110 valence electrons. The van der Waals surface area contributed by atoms with Crippen molar-refractivity contribution in [3.63, 3.8) is 0 Å². The van der Waals surface area contributed by atoms with Crippen LogP contribution in [-0.2, 0) is 11.3 Å². The van der Waals surface area contributed by atoms with Gasteiger partial charge >= 0.3 is 12.0 Å². The second-order valence-corrected chi connectivity index (χ2v) is 5.24. The minimum Gasteiger partial charge on any atom is -0.481 e. The first kappa shape index (κ1) is 14.4. The summed E-state index contributed by atoms with van der Waals surface area (Å²) in [4.78, 5) is 26.5. The highest BCUT2D eigenvalue weighted by molar-refractivity contribution is 5.77. The van der Waals surface area contributed by atoms with Gasteiger partial charge in [-0.25, -0.2) is 9.78 Å². The molecule has 0 aromatic carbocycles. The van der Waals surface area contributed by atoms with Crippen LogP contribution in [0.3, 0.4) is 0 Å². The van der Waals surface area contributed by atoms with E-state index in [0.29, 0.717) is 6.54 Å². The lowest BCUT2D eigenvalue weighted by Gasteiger charge is -2.41. The predicted molar refractivity (Wildman–Crippen MR) is 72.2 cm³/mol. The summed E-state index contributed by atoms with van der Waals surface area (Å²) in [6.07, 6.45) is 8.56. The van der Waals surface area contributed by atoms with Gasteiger partial charge in [0.05, 0.1) is 18.3 Å². The summed E-state index contributed by atoms with van der Waals surface area (Å²) < 4.78 is 1.94. The fourth-order valence-corrected chi connectivity index (χ4v) is 2.41. The number of carbonyl (C=O) groups is 2. The number of carbonyl (C=O) groups excluding carboxylic acids is 1. The number of amides is 2. The lowest BCUT2D eigenvalue weighted by Crippen LogP contribution is -2.57. The minimum absolute atomic E-state index is 0.00451. The molecule has 1 aliphatic rings. The molecule has 0 bridgehead atoms. The molecule has 1 heterocycles. The number of hydrogen-bond donors (Lipinski definition) is 3. The number of aromatic nitrogens is 2. The first-order valence-corrected chi connectivity index (χ1v) is 6.83. The zero-order valence-corrected chi connectivity index (χ0v) is 11.3. The molecule has 1 saturated carbocycles. The zero-order chi connectivity index (χ0) is 14.4. The minimum atomic E-state index is -0.870. The average molecular weight is 280 g/mol. The van der Waals surface area contributed by atoms with Crippen LogP contribution < -0.4 is 10.6 Å². The maximum absolute atomic E-state index is 11.8. The van der Waals surface area contributed by atoms with Gasteiger partial charge in [0.1, 0.15) is 0 Å². The Morgan fingerprint density at radius 3 is 2.75 bits per heavy atom. The van der Waals surface area contributed by atoms with E-state index in [0.717, 1.165) is 32.2 Å². The second-order valence-electron chi connectivity index (χ2n) is 5.24. The van der Waals surface area contributed by atoms with E-state index in [1.807, 2.05) is 10.8 Å². The SMILES string of the molecule is O=C(O)CC1(NC(=O)NCCCn2ccnc2)CCC1. The molecule has 3 N–H and O–H groups in total. The van der Waals surface area contributed by atoms with Gasteiger partial charge in [0.25, 0.3) is 0 Å². The summed E-state index contributed by atoms with van der Waals surface area (Å²) in [5, 5.41) is 14.4. The van der Waals surface area contributed by atoms with Gasteiger partial charge in [-0.3, -0.25) is 4.79 Å². The van der Waals surface area contributed by atoms with Gasteiger partial charge in [-0.2, -0.15) is 0 Å². The van der Waals surface area contributed by atoms with Crippen molar-refractivity contribution in [1.82, 2.24) is 20.2 Å². The third-order valence-electron chi connectivity index (χ3n) is 3.62. The van der Waals surface area contributed by atoms with E-state index in [1.54, 1.807) is 12.5 Å². The number of nitrogens with one attached hydrogen (secondary N) is 2. The van der Waals surface area contributed by atoms with Crippen molar-refractivity contribution in [2.24, 2.45) is 0 Å². The Kier molecular flexibility index (Phi) is 4.60. The monoisotopic (exact) mass is 280 g/mol. The number of nitrogens with zero attached hydrogens (tertiary/aromatic N) is 2. The largest absolute Gasteiger partial charge is 0.481 e. The molecule has 20 heavy (non-hydrogen) atoms. The van der Waals surface area contributed by atoms with Gasteiger partial charge in [-0.05, 0) is 25.7 Å². The fraction of sp³-hybridized carbons (Fsp3) is 0.615. The van der Waals surface area contributed by atoms with Crippen LogP contribution in [0.4, 0.5) is 4.79 Å². The van der Waals surface area contributed by atoms with E-state index in [2.05, 4.69) is 15.6 Å². The molecule has 7 heteroatoms. The highest BCUT2D eigenvalue weighted by Crippen LogP contribution is 2.34. The molecule has 1 aliphatic carbocycles. The van der Waals surface area contributed by atoms with Crippen molar-refractivity contribution in [2.45, 2.75) is 44.2 Å². The molecule has 0 unspecified atom stereocenters. The summed E-state index contributed by atoms with van der Waals surface area (Å²) in [5.41, 5.74) is -0.541. The summed E-state index contributed by atoms with van der Waals surface area (Å²) in [7, 11) is 0. The van der Waals surface area contributed by atoms with Crippen LogP contribution in [0.2, 0.25) is 0 Å². The fourth-order valence-electron chi connectivity index (χ4n) is 2.41. The number of aryl methyl sites for hydroxylation is 1. The molecule has 0 radical (unpaired) electrons. The molecule has 7 nitrogen and oxygen atoms in total. The Balaban J connectivity index is 1.65. The highest BCUT2D eigenvalue weighted by Gasteiger charge is 2.40. The molecule has 1 aromatic rings. The third kappa shape index (κ3) is 3.97. The zero-order valence-electron chi connectivity index (χ0n) is 11.3. The molecule has 2 amide bonds. The van der Waals surface area contributed by atoms with Crippen molar-refractivity contribution in [3.8, 4) is 0 Å². The summed E-state index contributed by atoms with van der Waals surface area (Å²) >= 11 is 0. The van der Waals surface area contributed by atoms with Crippen molar-refractivity contribution >= 4 is 12.0 Å². The molecule has 1 fully saturated rings. The number of aliphatic carboxylic acids is 1. The molecule has 2 rings (SSSR count). The van der Waals surface area contributed by atoms with Gasteiger partial charge < -0.3 is 20.3 Å². The van der Waals surface area contributed by atoms with Gasteiger partial charge in [0.2, 0.25) is 0 Å². The summed E-state index contributed by atoms with van der Waals surface area (Å²) in [5.74, 6) is -0.870. The maximum atomic E-state index is 11.8. The van der Waals surface area contributed by atoms with Crippen molar-refractivity contribution in [2.75, 3.05) is 6.54 Å². The summed E-state index contributed by atoms with van der Waals surface area (Å²) in [6.45, 7) is 1.34. The van der Waals surface area contributed by atoms with Crippen LogP contribution in [-0.4, -0.2) is 38.7 Å². The normalized spacial score (nSPS) is 16.2. The highest BCUT2D eigenvalue weighted by atomic mass is 16.4. The Morgan fingerprint density at radius 1 is 1.40 bits per heavy atom. The van der Waals surface area contributed by atoms with Crippen molar-refractivity contribution < 1.29 is 14.7 Å². The lowest BCUT2D eigenvalue weighted by atomic mass is 9.74. The number of imidazole rings is 1. The van der Waals surface area contributed by atoms with Gasteiger partial charge in [-0.15, -0.1) is 0 Å². The molecular weight excluding hydrogens is 260 g/mol. The second kappa shape index (κ2) is 6.40. The van der Waals surface area contributed by atoms with Crippen molar-refractivity contribution in [1.29, 1.82) is 0 Å². The molecule has 0 saturated heterocycles. The van der Waals surface area contributed by atoms with Crippen LogP contribution in [0.15, 0.2) is 18.7 Å². The van der Waals surface area contributed by atoms with E-state index in [1.165, 1.54) is 0 Å². The van der Waals surface area contributed by atoms with Gasteiger partial charge in [0.15, 0.2) is 0 Å². The van der Waals surface area contributed by atoms with Crippen LogP contribution in [0.1, 0.15) is 32.1 Å². The Bertz CT molecular complexity index is 454. The van der Waals surface area contributed by atoms with Gasteiger partial charge in [0, 0.05) is 25.5 Å². The van der Waals surface area contributed by atoms with E-state index < -0.39 is 11.5 Å². The lowest BCUT2D eigenvalue weighted by molar-refractivity contribution is -0.139. The smallest absolute Gasteiger partial charge is 0.315 e. The Labute approximate surface area is 117 Å². The van der Waals surface area contributed by atoms with Crippen LogP contribution in [0.25, 0.3) is 0 Å². The van der Waals surface area contributed by atoms with E-state index >= 15 is 0 Å². The Hall–Kier alpha value is -2.05. The molecule has 1 aromatic heterocycles. The topological polar surface area (TPSA) is 96.3 Å². The van der Waals surface area contributed by atoms with Gasteiger partial charge in [-0.1, -0.05) is 0 Å². The van der Waals surface area contributed by atoms with Crippen molar-refractivity contribution in [3.05, 3.63) is 18.7 Å². The van der Waals surface area contributed by atoms with Crippen LogP contribution >= 0.6 is 0 Å². The molecule has 0 aliphatic heterocycles. The first-order chi connectivity index (χ1) is 9.60. The predicted octanol–water partition coefficient (Wildman–Crippen LogP) is 0.970. The molecule has 0 atom stereocenters. The average Bonchev–Trinajstić information content (AvgIpc) is 2.84. The number of urea groups is 1. The molecule has 0 spiro atoms. The standard InChI is InChI=1S/C13H20N4O3/c18-11(19)9-13(3-1-4-13)16-12(20)15-5-2-7-17-8-6-14-10-17/h6,8,10H,1-5,7,9H2,(H,18,19)(H2,15,16,20). The quantitative estimate of drug-likeness (QED) is 0.648. The summed E-state index contributed by atoms with van der Waals surface area (Å²) in [6, 6.07) is -0.281. The van der Waals surface area contributed by atoms with E-state index in [9.17, 15) is 9.59 Å². The number of carboxylic acids is 1. The first-order valence-electron chi connectivity index (χ1n) is 6.83. The van der Waals surface area contributed by atoms with Crippen LogP contribution in [0.5, 0.6) is 0 Å². The van der Waals surface area contributed by atoms with Crippen LogP contribution in [0, 0.1) is 0 Å². The van der Waals surface area contributed by atoms with E-state index in [4.69, 9.17) is 5.11 Å². The number of hydrogen-bond acceptors (Lipinski definition) is 3. The number of carboxylic acid groups (broad SMARTS) is 1.